The molecule has 0 heterocycles. The van der Waals surface area contributed by atoms with Gasteiger partial charge in [0.05, 0.1) is 18.0 Å². The van der Waals surface area contributed by atoms with E-state index < -0.39 is 0 Å². The summed E-state index contributed by atoms with van der Waals surface area (Å²) in [5, 5.41) is 6.94. The van der Waals surface area contributed by atoms with Crippen LogP contribution in [0.15, 0.2) is 77.9 Å². The third-order valence-electron chi connectivity index (χ3n) is 5.11. The van der Waals surface area contributed by atoms with Crippen LogP contribution in [0.25, 0.3) is 0 Å². The molecular formula is C28H31N3O3S. The smallest absolute Gasteiger partial charge is 0.258 e. The van der Waals surface area contributed by atoms with Gasteiger partial charge in [-0.2, -0.15) is 5.10 Å². The number of amides is 2. The fourth-order valence-corrected chi connectivity index (χ4v) is 4.29. The lowest BCUT2D eigenvalue weighted by molar-refractivity contribution is -0.123. The summed E-state index contributed by atoms with van der Waals surface area (Å²) in [6.07, 6.45) is 1.57. The van der Waals surface area contributed by atoms with Crippen molar-refractivity contribution in [2.75, 3.05) is 12.4 Å². The number of hydrazone groups is 1. The monoisotopic (exact) mass is 489 g/mol. The van der Waals surface area contributed by atoms with Crippen molar-refractivity contribution >= 4 is 29.8 Å². The fraction of sp³-hybridized carbons (Fsp3) is 0.250. The first kappa shape index (κ1) is 26.0. The molecule has 3 rings (SSSR count). The van der Waals surface area contributed by atoms with E-state index in [0.717, 1.165) is 16.9 Å². The zero-order valence-electron chi connectivity index (χ0n) is 20.3. The van der Waals surface area contributed by atoms with Crippen LogP contribution in [0.2, 0.25) is 0 Å². The topological polar surface area (TPSA) is 79.8 Å². The van der Waals surface area contributed by atoms with Crippen LogP contribution in [-0.2, 0) is 15.3 Å². The average Bonchev–Trinajstić information content (AvgIpc) is 2.83. The Morgan fingerprint density at radius 3 is 2.34 bits per heavy atom. The molecule has 0 bridgehead atoms. The van der Waals surface area contributed by atoms with Crippen molar-refractivity contribution in [3.63, 3.8) is 0 Å². The van der Waals surface area contributed by atoms with Gasteiger partial charge in [-0.1, -0.05) is 59.7 Å². The highest BCUT2D eigenvalue weighted by atomic mass is 32.2. The van der Waals surface area contributed by atoms with Crippen molar-refractivity contribution in [1.82, 2.24) is 10.7 Å². The van der Waals surface area contributed by atoms with E-state index in [1.807, 2.05) is 49.4 Å². The van der Waals surface area contributed by atoms with Crippen molar-refractivity contribution < 1.29 is 14.3 Å². The van der Waals surface area contributed by atoms with Gasteiger partial charge < -0.3 is 10.1 Å². The molecule has 3 aromatic rings. The van der Waals surface area contributed by atoms with E-state index >= 15 is 0 Å². The molecular weight excluding hydrogens is 458 g/mol. The van der Waals surface area contributed by atoms with Crippen molar-refractivity contribution in [1.29, 1.82) is 0 Å². The number of thioether (sulfide) groups is 1. The Balaban J connectivity index is 1.35. The predicted octanol–water partition coefficient (Wildman–Crippen LogP) is 4.94. The van der Waals surface area contributed by atoms with Crippen LogP contribution in [0.1, 0.15) is 40.8 Å². The highest BCUT2D eigenvalue weighted by Gasteiger charge is 2.09. The van der Waals surface area contributed by atoms with Gasteiger partial charge in [0.1, 0.15) is 5.75 Å². The Morgan fingerprint density at radius 1 is 0.971 bits per heavy atom. The first-order chi connectivity index (χ1) is 16.9. The van der Waals surface area contributed by atoms with Gasteiger partial charge in [0.2, 0.25) is 5.91 Å². The summed E-state index contributed by atoms with van der Waals surface area (Å²) in [5.41, 5.74) is 8.07. The number of nitrogens with one attached hydrogen (secondary N) is 2. The number of ether oxygens (including phenoxy) is 1. The van der Waals surface area contributed by atoms with Crippen LogP contribution < -0.4 is 15.5 Å². The average molecular weight is 490 g/mol. The maximum Gasteiger partial charge on any atom is 0.258 e. The summed E-state index contributed by atoms with van der Waals surface area (Å²) in [5.74, 6) is 1.36. The summed E-state index contributed by atoms with van der Waals surface area (Å²) in [6.45, 7) is 6.02. The van der Waals surface area contributed by atoms with Gasteiger partial charge in [-0.05, 0) is 61.7 Å². The quantitative estimate of drug-likeness (QED) is 0.295. The SMILES string of the molecule is Cc1cc(C)cc(CSCC(=O)N/N=C\c2ccc(OCC(=O)N[C@@H](C)c3ccccc3)cc2)c1. The molecule has 35 heavy (non-hydrogen) atoms. The number of rotatable bonds is 11. The third-order valence-corrected chi connectivity index (χ3v) is 6.12. The van der Waals surface area contributed by atoms with Crippen LogP contribution >= 0.6 is 11.8 Å². The van der Waals surface area contributed by atoms with Crippen molar-refractivity contribution in [2.45, 2.75) is 32.6 Å². The van der Waals surface area contributed by atoms with Crippen LogP contribution in [0.4, 0.5) is 0 Å². The van der Waals surface area contributed by atoms with E-state index in [9.17, 15) is 9.59 Å². The van der Waals surface area contributed by atoms with Gasteiger partial charge >= 0.3 is 0 Å². The highest BCUT2D eigenvalue weighted by Crippen LogP contribution is 2.16. The maximum absolute atomic E-state index is 12.2. The number of benzene rings is 3. The standard InChI is InChI=1S/C28H31N3O3S/c1-20-13-21(2)15-24(14-20)18-35-19-28(33)31-29-16-23-9-11-26(12-10-23)34-17-27(32)30-22(3)25-7-5-4-6-8-25/h4-16,22H,17-19H2,1-3H3,(H,30,32)(H,31,33)/b29-16-/t22-/m0/s1. The molecule has 1 atom stereocenters. The molecule has 2 amide bonds. The van der Waals surface area contributed by atoms with Crippen molar-refractivity contribution in [3.05, 3.63) is 101 Å². The summed E-state index contributed by atoms with van der Waals surface area (Å²) < 4.78 is 5.57. The lowest BCUT2D eigenvalue weighted by Gasteiger charge is -2.14. The summed E-state index contributed by atoms with van der Waals surface area (Å²) in [6, 6.07) is 23.2. The maximum atomic E-state index is 12.2. The summed E-state index contributed by atoms with van der Waals surface area (Å²) in [7, 11) is 0. The molecule has 0 aliphatic heterocycles. The van der Waals surface area contributed by atoms with E-state index in [2.05, 4.69) is 47.9 Å². The highest BCUT2D eigenvalue weighted by molar-refractivity contribution is 7.99. The van der Waals surface area contributed by atoms with Gasteiger partial charge in [-0.25, -0.2) is 5.43 Å². The van der Waals surface area contributed by atoms with Gasteiger partial charge in [-0.15, -0.1) is 11.8 Å². The molecule has 0 saturated heterocycles. The van der Waals surface area contributed by atoms with Crippen LogP contribution in [-0.4, -0.2) is 30.4 Å². The largest absolute Gasteiger partial charge is 0.484 e. The second-order valence-corrected chi connectivity index (χ2v) is 9.33. The van der Waals surface area contributed by atoms with Crippen LogP contribution in [0.3, 0.4) is 0 Å². The molecule has 0 aliphatic carbocycles. The second-order valence-electron chi connectivity index (χ2n) is 8.34. The number of aryl methyl sites for hydroxylation is 2. The Labute approximate surface area is 211 Å². The molecule has 6 nitrogen and oxygen atoms in total. The number of hydrogen-bond donors (Lipinski definition) is 2. The van der Waals surface area contributed by atoms with Crippen LogP contribution in [0, 0.1) is 13.8 Å². The van der Waals surface area contributed by atoms with E-state index in [-0.39, 0.29) is 24.5 Å². The van der Waals surface area contributed by atoms with E-state index in [0.29, 0.717) is 11.5 Å². The van der Waals surface area contributed by atoms with Gasteiger partial charge in [0, 0.05) is 5.75 Å². The molecule has 3 aromatic carbocycles. The number of nitrogens with zero attached hydrogens (tertiary/aromatic N) is 1. The number of carbonyl (C=O) groups is 2. The molecule has 7 heteroatoms. The van der Waals surface area contributed by atoms with E-state index in [1.165, 1.54) is 16.7 Å². The Morgan fingerprint density at radius 2 is 1.66 bits per heavy atom. The Kier molecular flexibility index (Phi) is 9.93. The van der Waals surface area contributed by atoms with E-state index in [1.54, 1.807) is 30.1 Å². The molecule has 0 saturated carbocycles. The Hall–Kier alpha value is -3.58. The minimum atomic E-state index is -0.190. The van der Waals surface area contributed by atoms with E-state index in [4.69, 9.17) is 4.74 Å². The molecule has 0 spiro atoms. The fourth-order valence-electron chi connectivity index (χ4n) is 3.53. The minimum Gasteiger partial charge on any atom is -0.484 e. The molecule has 182 valence electrons. The second kappa shape index (κ2) is 13.3. The summed E-state index contributed by atoms with van der Waals surface area (Å²) >= 11 is 1.55. The third kappa shape index (κ3) is 9.29. The molecule has 2 N–H and O–H groups in total. The minimum absolute atomic E-state index is 0.0690. The number of hydrogen-bond acceptors (Lipinski definition) is 5. The zero-order chi connectivity index (χ0) is 25.0. The lowest BCUT2D eigenvalue weighted by atomic mass is 10.1. The van der Waals surface area contributed by atoms with Crippen molar-refractivity contribution in [3.8, 4) is 5.75 Å². The first-order valence-corrected chi connectivity index (χ1v) is 12.6. The molecule has 0 aliphatic rings. The molecule has 0 fully saturated rings. The number of carbonyl (C=O) groups excluding carboxylic acids is 2. The normalized spacial score (nSPS) is 11.7. The van der Waals surface area contributed by atoms with Gasteiger partial charge in [0.15, 0.2) is 6.61 Å². The zero-order valence-corrected chi connectivity index (χ0v) is 21.1. The predicted molar refractivity (Wildman–Crippen MR) is 143 cm³/mol. The summed E-state index contributed by atoms with van der Waals surface area (Å²) in [4.78, 5) is 24.2. The van der Waals surface area contributed by atoms with Crippen molar-refractivity contribution in [2.24, 2.45) is 5.10 Å². The van der Waals surface area contributed by atoms with Gasteiger partial charge in [0.25, 0.3) is 5.91 Å². The molecule has 0 unspecified atom stereocenters. The first-order valence-electron chi connectivity index (χ1n) is 11.4. The van der Waals surface area contributed by atoms with Crippen LogP contribution in [0.5, 0.6) is 5.75 Å². The molecule has 0 radical (unpaired) electrons. The molecule has 0 aromatic heterocycles. The van der Waals surface area contributed by atoms with Gasteiger partial charge in [-0.3, -0.25) is 9.59 Å². The lowest BCUT2D eigenvalue weighted by Crippen LogP contribution is -2.31. The Bertz CT molecular complexity index is 1130.